The fourth-order valence-electron chi connectivity index (χ4n) is 9.55. The molecule has 61 heavy (non-hydrogen) atoms. The van der Waals surface area contributed by atoms with Gasteiger partial charge in [-0.25, -0.2) is 9.65 Å². The van der Waals surface area contributed by atoms with Gasteiger partial charge in [-0.1, -0.05) is 206 Å². The van der Waals surface area contributed by atoms with Gasteiger partial charge in [0.2, 0.25) is 0 Å². The van der Waals surface area contributed by atoms with Crippen molar-refractivity contribution >= 4 is 31.3 Å². The first-order chi connectivity index (χ1) is 29.7. The van der Waals surface area contributed by atoms with Gasteiger partial charge in [0.25, 0.3) is 0 Å². The first-order valence-corrected chi connectivity index (χ1v) is 30.9. The van der Waals surface area contributed by atoms with E-state index in [9.17, 15) is 4.57 Å². The first kappa shape index (κ1) is 57.9. The predicted molar refractivity (Wildman–Crippen MR) is 277 cm³/mol. The van der Waals surface area contributed by atoms with E-state index < -0.39 is 7.75 Å². The molecule has 0 amide bonds. The molecule has 0 aromatic carbocycles. The van der Waals surface area contributed by atoms with Crippen molar-refractivity contribution < 1.29 is 18.1 Å². The summed E-state index contributed by atoms with van der Waals surface area (Å²) in [6.07, 6.45) is 55.1. The highest BCUT2D eigenvalue weighted by Crippen LogP contribution is 2.44. The van der Waals surface area contributed by atoms with Crippen molar-refractivity contribution in [2.24, 2.45) is 0 Å². The van der Waals surface area contributed by atoms with Crippen LogP contribution >= 0.6 is 31.3 Å². The van der Waals surface area contributed by atoms with Gasteiger partial charge in [0.1, 0.15) is 0 Å². The van der Waals surface area contributed by atoms with Gasteiger partial charge in [0, 0.05) is 21.0 Å². The maximum absolute atomic E-state index is 13.8. The standard InChI is InChI=1S/C53H108N2O3PS2/c1-6-8-10-12-20-28-38-50(60-52-42-32-26-33-43-52)40-30-22-16-14-18-24-36-48-57-59(56,54-46-47-55(3,4)5)58-49-37-25-19-15-17-23-31-41-51(39-29-21-13-11-9-7-2)61-53-44-34-27-35-45-53/h50-53H,6-49H2,1-5H3,(H,54,56)/q+1. The lowest BCUT2D eigenvalue weighted by molar-refractivity contribution is -0.869. The Morgan fingerprint density at radius 1 is 0.475 bits per heavy atom. The Balaban J connectivity index is 1.57. The molecule has 0 radical (unpaired) electrons. The van der Waals surface area contributed by atoms with Gasteiger partial charge in [0.05, 0.1) is 47.4 Å². The smallest absolute Gasteiger partial charge is 0.330 e. The number of nitrogens with one attached hydrogen (secondary N) is 1. The third-order valence-electron chi connectivity index (χ3n) is 13.6. The lowest BCUT2D eigenvalue weighted by Crippen LogP contribution is -2.40. The summed E-state index contributed by atoms with van der Waals surface area (Å²) in [5, 5.41) is 6.89. The van der Waals surface area contributed by atoms with Crippen LogP contribution in [0.25, 0.3) is 0 Å². The molecule has 2 fully saturated rings. The minimum atomic E-state index is -3.29. The van der Waals surface area contributed by atoms with Crippen molar-refractivity contribution in [1.82, 2.24) is 5.09 Å². The number of thioether (sulfide) groups is 2. The molecule has 0 spiro atoms. The zero-order valence-corrected chi connectivity index (χ0v) is 44.4. The summed E-state index contributed by atoms with van der Waals surface area (Å²) >= 11 is 4.77. The highest BCUT2D eigenvalue weighted by atomic mass is 32.2. The average molecular weight is 917 g/mol. The van der Waals surface area contributed by atoms with E-state index in [1.54, 1.807) is 0 Å². The number of hydrogen-bond donors (Lipinski definition) is 1. The van der Waals surface area contributed by atoms with Crippen LogP contribution in [0.4, 0.5) is 0 Å². The van der Waals surface area contributed by atoms with Crippen molar-refractivity contribution in [1.29, 1.82) is 0 Å². The van der Waals surface area contributed by atoms with Crippen LogP contribution in [-0.2, 0) is 13.6 Å². The molecule has 0 heterocycles. The quantitative estimate of drug-likeness (QED) is 0.0373. The molecule has 2 rings (SSSR count). The lowest BCUT2D eigenvalue weighted by atomic mass is 10.0. The van der Waals surface area contributed by atoms with E-state index in [1.807, 2.05) is 0 Å². The number of quaternary nitrogens is 1. The Kier molecular flexibility index (Phi) is 37.9. The number of likely N-dealkylation sites (N-methyl/N-ethyl adjacent to an activating group) is 1. The van der Waals surface area contributed by atoms with Crippen molar-refractivity contribution in [3.63, 3.8) is 0 Å². The molecule has 8 heteroatoms. The fraction of sp³-hybridized carbons (Fsp3) is 1.00. The van der Waals surface area contributed by atoms with E-state index in [2.05, 4.69) is 63.6 Å². The normalized spacial score (nSPS) is 17.8. The minimum Gasteiger partial charge on any atom is -0.330 e. The Labute approximate surface area is 391 Å². The molecule has 5 nitrogen and oxygen atoms in total. The largest absolute Gasteiger partial charge is 0.405 e. The Morgan fingerprint density at radius 3 is 1.11 bits per heavy atom. The van der Waals surface area contributed by atoms with E-state index in [1.165, 1.54) is 231 Å². The SMILES string of the molecule is CCCCCCCCC(CCCCCCCCCOP(=O)(NCC[N+](C)(C)C)OCCCCCCCCCC(CCCCCCCC)SC1CCCCC1)SC1CCCCC1. The average Bonchev–Trinajstić information content (AvgIpc) is 3.24. The highest BCUT2D eigenvalue weighted by molar-refractivity contribution is 8.00. The number of rotatable bonds is 44. The van der Waals surface area contributed by atoms with Gasteiger partial charge in [-0.3, -0.25) is 9.05 Å². The van der Waals surface area contributed by atoms with Gasteiger partial charge >= 0.3 is 7.75 Å². The van der Waals surface area contributed by atoms with E-state index in [-0.39, 0.29) is 0 Å². The van der Waals surface area contributed by atoms with Gasteiger partial charge in [-0.05, 0) is 64.2 Å². The third kappa shape index (κ3) is 35.6. The van der Waals surface area contributed by atoms with Crippen LogP contribution < -0.4 is 5.09 Å². The van der Waals surface area contributed by atoms with Crippen LogP contribution in [0.3, 0.4) is 0 Å². The summed E-state index contributed by atoms with van der Waals surface area (Å²) < 4.78 is 26.7. The van der Waals surface area contributed by atoms with E-state index >= 15 is 0 Å². The van der Waals surface area contributed by atoms with Gasteiger partial charge in [-0.15, -0.1) is 0 Å². The van der Waals surface area contributed by atoms with Crippen molar-refractivity contribution in [2.45, 2.75) is 292 Å². The van der Waals surface area contributed by atoms with Crippen molar-refractivity contribution in [2.75, 3.05) is 47.4 Å². The second-order valence-electron chi connectivity index (χ2n) is 20.8. The minimum absolute atomic E-state index is 0.520. The molecule has 2 saturated carbocycles. The maximum atomic E-state index is 13.8. The summed E-state index contributed by atoms with van der Waals surface area (Å²) in [5.74, 6) is 0. The Bertz CT molecular complexity index is 923. The lowest BCUT2D eigenvalue weighted by Gasteiger charge is -2.26. The number of unbranched alkanes of at least 4 members (excludes halogenated alkanes) is 22. The molecule has 0 aromatic rings. The molecule has 0 saturated heterocycles. The van der Waals surface area contributed by atoms with Gasteiger partial charge in [-0.2, -0.15) is 23.5 Å². The second kappa shape index (κ2) is 39.9. The van der Waals surface area contributed by atoms with Crippen LogP contribution in [0.15, 0.2) is 0 Å². The molecule has 0 bridgehead atoms. The summed E-state index contributed by atoms with van der Waals surface area (Å²) in [6.45, 7) is 7.20. The number of nitrogens with zero attached hydrogens (tertiary/aromatic N) is 1. The first-order valence-electron chi connectivity index (χ1n) is 27.5. The van der Waals surface area contributed by atoms with E-state index in [0.717, 1.165) is 57.7 Å². The van der Waals surface area contributed by atoms with Crippen LogP contribution in [0.1, 0.15) is 271 Å². The molecule has 2 aliphatic carbocycles. The summed E-state index contributed by atoms with van der Waals surface area (Å²) in [7, 11) is 3.23. The number of hydrogen-bond acceptors (Lipinski definition) is 5. The molecule has 0 aromatic heterocycles. The van der Waals surface area contributed by atoms with Crippen LogP contribution in [0.5, 0.6) is 0 Å². The van der Waals surface area contributed by atoms with E-state index in [0.29, 0.717) is 19.8 Å². The molecule has 0 aliphatic heterocycles. The molecule has 1 N–H and O–H groups in total. The summed E-state index contributed by atoms with van der Waals surface area (Å²) in [5.41, 5.74) is 0. The zero-order chi connectivity index (χ0) is 44.0. The van der Waals surface area contributed by atoms with Crippen molar-refractivity contribution in [3.8, 4) is 0 Å². The molecular weight excluding hydrogens is 808 g/mol. The topological polar surface area (TPSA) is 47.6 Å². The van der Waals surface area contributed by atoms with Crippen LogP contribution in [-0.4, -0.2) is 72.9 Å². The Morgan fingerprint density at radius 2 is 0.787 bits per heavy atom. The molecule has 2 atom stereocenters. The highest BCUT2D eigenvalue weighted by Gasteiger charge is 2.25. The molecule has 2 unspecified atom stereocenters. The second-order valence-corrected chi connectivity index (χ2v) is 25.8. The van der Waals surface area contributed by atoms with Gasteiger partial charge in [0.15, 0.2) is 0 Å². The van der Waals surface area contributed by atoms with Crippen LogP contribution in [0, 0.1) is 0 Å². The summed E-state index contributed by atoms with van der Waals surface area (Å²) in [6, 6.07) is 0. The third-order valence-corrected chi connectivity index (χ3v) is 18.7. The molecular formula is C53H108N2O3PS2+. The Hall–Kier alpha value is 0.770. The maximum Gasteiger partial charge on any atom is 0.405 e. The zero-order valence-electron chi connectivity index (χ0n) is 41.9. The summed E-state index contributed by atoms with van der Waals surface area (Å²) in [4.78, 5) is 0. The predicted octanol–water partition coefficient (Wildman–Crippen LogP) is 18.0. The van der Waals surface area contributed by atoms with Crippen LogP contribution in [0.2, 0.25) is 0 Å². The monoisotopic (exact) mass is 916 g/mol. The van der Waals surface area contributed by atoms with E-state index in [4.69, 9.17) is 9.05 Å². The molecule has 2 aliphatic rings. The molecule has 364 valence electrons. The van der Waals surface area contributed by atoms with Crippen molar-refractivity contribution in [3.05, 3.63) is 0 Å². The fourth-order valence-corrected chi connectivity index (χ4v) is 14.4. The van der Waals surface area contributed by atoms with Gasteiger partial charge < -0.3 is 4.48 Å².